The van der Waals surface area contributed by atoms with Crippen LogP contribution in [0.2, 0.25) is 0 Å². The first-order valence-corrected chi connectivity index (χ1v) is 7.92. The third kappa shape index (κ3) is 2.41. The number of anilines is 1. The minimum atomic E-state index is 0.284. The summed E-state index contributed by atoms with van der Waals surface area (Å²) in [6.45, 7) is 1.72. The molecular formula is C17H20N4O. The van der Waals surface area contributed by atoms with E-state index < -0.39 is 0 Å². The molecule has 1 fully saturated rings. The zero-order chi connectivity index (χ0) is 14.9. The number of nitrogen functional groups attached to an aromatic ring is 1. The molecule has 1 aliphatic heterocycles. The number of hydrogen-bond donors (Lipinski definition) is 2. The molecule has 0 unspecified atom stereocenters. The average Bonchev–Trinajstić information content (AvgIpc) is 2.65. The summed E-state index contributed by atoms with van der Waals surface area (Å²) in [5.74, 6) is 0.944. The summed E-state index contributed by atoms with van der Waals surface area (Å²) >= 11 is 0. The van der Waals surface area contributed by atoms with Crippen molar-refractivity contribution in [2.24, 2.45) is 0 Å². The van der Waals surface area contributed by atoms with E-state index in [4.69, 9.17) is 10.5 Å². The lowest BCUT2D eigenvalue weighted by Crippen LogP contribution is -2.46. The number of hydrogen-bond acceptors (Lipinski definition) is 5. The van der Waals surface area contributed by atoms with E-state index in [2.05, 4.69) is 33.5 Å². The maximum Gasteiger partial charge on any atom is 0.223 e. The molecular weight excluding hydrogens is 276 g/mol. The second-order valence-electron chi connectivity index (χ2n) is 5.98. The summed E-state index contributed by atoms with van der Waals surface area (Å²) < 4.78 is 5.97. The van der Waals surface area contributed by atoms with Crippen LogP contribution in [0.15, 0.2) is 24.3 Å². The minimum absolute atomic E-state index is 0.284. The summed E-state index contributed by atoms with van der Waals surface area (Å²) in [4.78, 5) is 8.86. The SMILES string of the molecule is Nc1nc(OC[C@@H]2CCN2)c2c(n1)-c1ccccc1CCC2. The number of nitrogens with two attached hydrogens (primary N) is 1. The van der Waals surface area contributed by atoms with Crippen LogP contribution >= 0.6 is 0 Å². The number of ether oxygens (including phenoxy) is 1. The molecule has 0 spiro atoms. The number of benzene rings is 1. The van der Waals surface area contributed by atoms with Crippen LogP contribution < -0.4 is 15.8 Å². The van der Waals surface area contributed by atoms with Crippen LogP contribution in [0.1, 0.15) is 24.0 Å². The Morgan fingerprint density at radius 2 is 2.09 bits per heavy atom. The van der Waals surface area contributed by atoms with E-state index in [0.717, 1.165) is 49.0 Å². The van der Waals surface area contributed by atoms with Gasteiger partial charge in [0.05, 0.1) is 5.69 Å². The van der Waals surface area contributed by atoms with E-state index in [1.54, 1.807) is 0 Å². The lowest BCUT2D eigenvalue weighted by Gasteiger charge is -2.27. The molecule has 0 amide bonds. The van der Waals surface area contributed by atoms with Gasteiger partial charge in [-0.1, -0.05) is 24.3 Å². The molecule has 0 saturated carbocycles. The van der Waals surface area contributed by atoms with E-state index in [1.165, 1.54) is 5.56 Å². The molecule has 2 aromatic rings. The monoisotopic (exact) mass is 296 g/mol. The molecule has 22 heavy (non-hydrogen) atoms. The first kappa shape index (κ1) is 13.5. The molecule has 1 atom stereocenters. The van der Waals surface area contributed by atoms with Crippen molar-refractivity contribution in [3.05, 3.63) is 35.4 Å². The lowest BCUT2D eigenvalue weighted by molar-refractivity contribution is 0.210. The fourth-order valence-electron chi connectivity index (χ4n) is 3.14. The van der Waals surface area contributed by atoms with E-state index in [1.807, 2.05) is 6.07 Å². The Balaban J connectivity index is 1.74. The van der Waals surface area contributed by atoms with Gasteiger partial charge >= 0.3 is 0 Å². The highest BCUT2D eigenvalue weighted by Gasteiger charge is 2.23. The minimum Gasteiger partial charge on any atom is -0.476 e. The quantitative estimate of drug-likeness (QED) is 0.905. The van der Waals surface area contributed by atoms with Crippen LogP contribution in [-0.4, -0.2) is 29.2 Å². The van der Waals surface area contributed by atoms with Crippen molar-refractivity contribution in [3.63, 3.8) is 0 Å². The van der Waals surface area contributed by atoms with Gasteiger partial charge in [0.15, 0.2) is 0 Å². The van der Waals surface area contributed by atoms with Gasteiger partial charge in [0.2, 0.25) is 11.8 Å². The number of fused-ring (bicyclic) bond motifs is 3. The van der Waals surface area contributed by atoms with Gasteiger partial charge in [-0.25, -0.2) is 4.98 Å². The Morgan fingerprint density at radius 1 is 1.23 bits per heavy atom. The first-order chi connectivity index (χ1) is 10.8. The van der Waals surface area contributed by atoms with Crippen molar-refractivity contribution in [2.45, 2.75) is 31.7 Å². The Hall–Kier alpha value is -2.14. The fraction of sp³-hybridized carbons (Fsp3) is 0.412. The highest BCUT2D eigenvalue weighted by atomic mass is 16.5. The van der Waals surface area contributed by atoms with Crippen LogP contribution in [0, 0.1) is 0 Å². The number of aryl methyl sites for hydroxylation is 1. The van der Waals surface area contributed by atoms with Crippen molar-refractivity contribution in [1.82, 2.24) is 15.3 Å². The normalized spacial score (nSPS) is 19.5. The van der Waals surface area contributed by atoms with Crippen LogP contribution in [0.5, 0.6) is 5.88 Å². The second-order valence-corrected chi connectivity index (χ2v) is 5.98. The van der Waals surface area contributed by atoms with Crippen molar-refractivity contribution < 1.29 is 4.74 Å². The lowest BCUT2D eigenvalue weighted by atomic mass is 10.0. The molecule has 2 aliphatic rings. The Morgan fingerprint density at radius 3 is 2.91 bits per heavy atom. The van der Waals surface area contributed by atoms with E-state index in [9.17, 15) is 0 Å². The van der Waals surface area contributed by atoms with E-state index >= 15 is 0 Å². The smallest absolute Gasteiger partial charge is 0.223 e. The van der Waals surface area contributed by atoms with Crippen molar-refractivity contribution >= 4 is 5.95 Å². The molecule has 3 N–H and O–H groups in total. The molecule has 5 heteroatoms. The highest BCUT2D eigenvalue weighted by Crippen LogP contribution is 2.35. The second kappa shape index (κ2) is 5.57. The molecule has 1 aliphatic carbocycles. The van der Waals surface area contributed by atoms with Gasteiger partial charge in [0.1, 0.15) is 6.61 Å². The third-order valence-electron chi connectivity index (χ3n) is 4.48. The molecule has 5 nitrogen and oxygen atoms in total. The fourth-order valence-corrected chi connectivity index (χ4v) is 3.14. The zero-order valence-electron chi connectivity index (χ0n) is 12.5. The van der Waals surface area contributed by atoms with Gasteiger partial charge in [-0.3, -0.25) is 0 Å². The molecule has 2 heterocycles. The van der Waals surface area contributed by atoms with E-state index in [0.29, 0.717) is 18.5 Å². The van der Waals surface area contributed by atoms with Gasteiger partial charge in [0, 0.05) is 17.2 Å². The van der Waals surface area contributed by atoms with Gasteiger partial charge in [-0.05, 0) is 37.8 Å². The highest BCUT2D eigenvalue weighted by molar-refractivity contribution is 5.70. The van der Waals surface area contributed by atoms with Crippen LogP contribution in [0.3, 0.4) is 0 Å². The summed E-state index contributed by atoms with van der Waals surface area (Å²) in [7, 11) is 0. The Bertz CT molecular complexity index is 697. The zero-order valence-corrected chi connectivity index (χ0v) is 12.5. The maximum absolute atomic E-state index is 5.97. The largest absolute Gasteiger partial charge is 0.476 e. The summed E-state index contributed by atoms with van der Waals surface area (Å²) in [5.41, 5.74) is 10.5. The Labute approximate surface area is 129 Å². The standard InChI is InChI=1S/C17H20N4O/c18-17-20-15-13-6-2-1-4-11(13)5-3-7-14(15)16(21-17)22-10-12-8-9-19-12/h1-2,4,6,12,19H,3,5,7-10H2,(H2,18,20,21)/t12-/m0/s1. The number of nitrogens with zero attached hydrogens (tertiary/aromatic N) is 2. The number of rotatable bonds is 3. The topological polar surface area (TPSA) is 73.1 Å². The van der Waals surface area contributed by atoms with Gasteiger partial charge in [-0.2, -0.15) is 4.98 Å². The number of aromatic nitrogens is 2. The van der Waals surface area contributed by atoms with Crippen molar-refractivity contribution in [2.75, 3.05) is 18.9 Å². The predicted octanol–water partition coefficient (Wildman–Crippen LogP) is 1.96. The maximum atomic E-state index is 5.97. The predicted molar refractivity (Wildman–Crippen MR) is 85.8 cm³/mol. The molecule has 0 radical (unpaired) electrons. The molecule has 0 bridgehead atoms. The van der Waals surface area contributed by atoms with Gasteiger partial charge in [0.25, 0.3) is 0 Å². The van der Waals surface area contributed by atoms with Gasteiger partial charge < -0.3 is 15.8 Å². The summed E-state index contributed by atoms with van der Waals surface area (Å²) in [6.07, 6.45) is 4.22. The molecule has 114 valence electrons. The molecule has 1 saturated heterocycles. The Kier molecular flexibility index (Phi) is 3.42. The van der Waals surface area contributed by atoms with Crippen LogP contribution in [0.25, 0.3) is 11.3 Å². The van der Waals surface area contributed by atoms with Crippen LogP contribution in [0.4, 0.5) is 5.95 Å². The van der Waals surface area contributed by atoms with Gasteiger partial charge in [-0.15, -0.1) is 0 Å². The van der Waals surface area contributed by atoms with E-state index in [-0.39, 0.29) is 5.95 Å². The first-order valence-electron chi connectivity index (χ1n) is 7.92. The molecule has 1 aromatic heterocycles. The summed E-state index contributed by atoms with van der Waals surface area (Å²) in [6, 6.07) is 8.84. The van der Waals surface area contributed by atoms with Crippen LogP contribution in [-0.2, 0) is 12.8 Å². The third-order valence-corrected chi connectivity index (χ3v) is 4.48. The summed E-state index contributed by atoms with van der Waals surface area (Å²) in [5, 5.41) is 3.34. The van der Waals surface area contributed by atoms with Crippen molar-refractivity contribution in [3.8, 4) is 17.1 Å². The molecule has 4 rings (SSSR count). The molecule has 1 aromatic carbocycles. The van der Waals surface area contributed by atoms with Crippen molar-refractivity contribution in [1.29, 1.82) is 0 Å². The average molecular weight is 296 g/mol. The number of nitrogens with one attached hydrogen (secondary N) is 1.